The van der Waals surface area contributed by atoms with Crippen molar-refractivity contribution in [1.82, 2.24) is 0 Å². The third kappa shape index (κ3) is 0.943. The van der Waals surface area contributed by atoms with Gasteiger partial charge in [0.05, 0.1) is 0 Å². The average molecular weight is 244 g/mol. The lowest BCUT2D eigenvalue weighted by atomic mass is 9.62. The summed E-state index contributed by atoms with van der Waals surface area (Å²) in [6.45, 7) is 8.10. The normalized spacial score (nSPS) is 48.9. The molecule has 4 rings (SSSR count). The molecule has 0 aromatic rings. The van der Waals surface area contributed by atoms with Crippen LogP contribution in [0.25, 0.3) is 0 Å². The van der Waals surface area contributed by atoms with Gasteiger partial charge in [0.25, 0.3) is 0 Å². The maximum atomic E-state index is 12.3. The molecule has 0 bridgehead atoms. The summed E-state index contributed by atoms with van der Waals surface area (Å²) in [5, 5.41) is 0. The molecule has 3 aliphatic carbocycles. The lowest BCUT2D eigenvalue weighted by Gasteiger charge is -2.42. The predicted molar refractivity (Wildman–Crippen MR) is 64.5 cm³/mol. The van der Waals surface area contributed by atoms with Gasteiger partial charge >= 0.3 is 5.97 Å². The van der Waals surface area contributed by atoms with Gasteiger partial charge in [0.2, 0.25) is 0 Å². The number of Topliss-reactive ketones (excluding diaryl/α,β-unsaturated/α-hetero) is 1. The molecule has 3 heteroatoms. The van der Waals surface area contributed by atoms with Crippen molar-refractivity contribution in [2.45, 2.75) is 32.8 Å². The van der Waals surface area contributed by atoms with E-state index in [-0.39, 0.29) is 29.2 Å². The van der Waals surface area contributed by atoms with Gasteiger partial charge in [-0.1, -0.05) is 19.1 Å². The van der Waals surface area contributed by atoms with Gasteiger partial charge in [-0.05, 0) is 30.6 Å². The lowest BCUT2D eigenvalue weighted by Crippen LogP contribution is -2.44. The van der Waals surface area contributed by atoms with Gasteiger partial charge in [0.15, 0.2) is 5.78 Å². The van der Waals surface area contributed by atoms with Gasteiger partial charge < -0.3 is 4.74 Å². The van der Waals surface area contributed by atoms with Crippen LogP contribution >= 0.6 is 0 Å². The van der Waals surface area contributed by atoms with Crippen molar-refractivity contribution in [1.29, 1.82) is 0 Å². The molecule has 3 fully saturated rings. The van der Waals surface area contributed by atoms with Crippen molar-refractivity contribution >= 4 is 11.8 Å². The Kier molecular flexibility index (Phi) is 1.63. The minimum Gasteiger partial charge on any atom is -0.453 e. The molecule has 0 amide bonds. The molecule has 18 heavy (non-hydrogen) atoms. The van der Waals surface area contributed by atoms with E-state index in [0.717, 1.165) is 6.42 Å². The molecule has 1 aliphatic heterocycles. The SMILES string of the molecule is C=C1[C@H]2C[C@H]2[C@]2(C)CC(=O)C3=C(C)C(=O)O[C@@H]3[C@@H]12. The summed E-state index contributed by atoms with van der Waals surface area (Å²) in [4.78, 5) is 24.0. The van der Waals surface area contributed by atoms with Gasteiger partial charge in [-0.3, -0.25) is 4.79 Å². The number of ketones is 1. The molecule has 3 saturated carbocycles. The van der Waals surface area contributed by atoms with E-state index in [0.29, 0.717) is 29.4 Å². The third-order valence-corrected chi connectivity index (χ3v) is 5.60. The maximum Gasteiger partial charge on any atom is 0.334 e. The minimum atomic E-state index is -0.343. The number of ether oxygens (including phenoxy) is 1. The van der Waals surface area contributed by atoms with Crippen LogP contribution in [0.15, 0.2) is 23.3 Å². The van der Waals surface area contributed by atoms with Crippen molar-refractivity contribution in [3.05, 3.63) is 23.3 Å². The van der Waals surface area contributed by atoms with Crippen LogP contribution in [0.4, 0.5) is 0 Å². The third-order valence-electron chi connectivity index (χ3n) is 5.60. The van der Waals surface area contributed by atoms with Crippen molar-refractivity contribution < 1.29 is 14.3 Å². The number of esters is 1. The molecule has 0 aromatic carbocycles. The van der Waals surface area contributed by atoms with Gasteiger partial charge in [-0.15, -0.1) is 0 Å². The summed E-state index contributed by atoms with van der Waals surface area (Å²) >= 11 is 0. The van der Waals surface area contributed by atoms with Crippen molar-refractivity contribution in [2.24, 2.45) is 23.2 Å². The Hall–Kier alpha value is -1.38. The second-order valence-electron chi connectivity index (χ2n) is 6.47. The number of rotatable bonds is 0. The van der Waals surface area contributed by atoms with Crippen molar-refractivity contribution in [3.63, 3.8) is 0 Å². The first-order valence-corrected chi connectivity index (χ1v) is 6.59. The van der Waals surface area contributed by atoms with E-state index in [2.05, 4.69) is 13.5 Å². The first kappa shape index (κ1) is 10.5. The smallest absolute Gasteiger partial charge is 0.334 e. The highest BCUT2D eigenvalue weighted by Crippen LogP contribution is 2.71. The highest BCUT2D eigenvalue weighted by Gasteiger charge is 2.68. The van der Waals surface area contributed by atoms with Crippen LogP contribution in [0, 0.1) is 23.2 Å². The molecule has 0 radical (unpaired) electrons. The van der Waals surface area contributed by atoms with Crippen molar-refractivity contribution in [3.8, 4) is 0 Å². The van der Waals surface area contributed by atoms with E-state index < -0.39 is 0 Å². The number of fused-ring (bicyclic) bond motifs is 5. The number of carbonyl (C=O) groups is 2. The molecule has 0 N–H and O–H groups in total. The molecule has 94 valence electrons. The highest BCUT2D eigenvalue weighted by molar-refractivity contribution is 6.08. The Morgan fingerprint density at radius 1 is 1.39 bits per heavy atom. The van der Waals surface area contributed by atoms with Crippen LogP contribution in [0.1, 0.15) is 26.7 Å². The van der Waals surface area contributed by atoms with Crippen LogP contribution < -0.4 is 0 Å². The molecule has 1 heterocycles. The molecule has 0 aromatic heterocycles. The molecule has 0 saturated heterocycles. The molecular formula is C15H16O3. The number of carbonyl (C=O) groups excluding carboxylic acids is 2. The maximum absolute atomic E-state index is 12.3. The lowest BCUT2D eigenvalue weighted by molar-refractivity contribution is -0.144. The fourth-order valence-corrected chi connectivity index (χ4v) is 4.63. The summed E-state index contributed by atoms with van der Waals surface area (Å²) < 4.78 is 5.47. The van der Waals surface area contributed by atoms with E-state index in [1.807, 2.05) is 0 Å². The zero-order valence-electron chi connectivity index (χ0n) is 10.7. The second-order valence-corrected chi connectivity index (χ2v) is 6.47. The predicted octanol–water partition coefficient (Wildman–Crippen LogP) is 2.03. The Labute approximate surface area is 106 Å². The molecule has 5 atom stereocenters. The van der Waals surface area contributed by atoms with Gasteiger partial charge in [-0.2, -0.15) is 0 Å². The molecular weight excluding hydrogens is 228 g/mol. The first-order chi connectivity index (χ1) is 8.45. The van der Waals surface area contributed by atoms with Crippen LogP contribution in [0.5, 0.6) is 0 Å². The zero-order valence-corrected chi connectivity index (χ0v) is 10.7. The van der Waals surface area contributed by atoms with Crippen LogP contribution in [0.3, 0.4) is 0 Å². The number of hydrogen-bond donors (Lipinski definition) is 0. The largest absolute Gasteiger partial charge is 0.453 e. The van der Waals surface area contributed by atoms with Gasteiger partial charge in [-0.25, -0.2) is 4.79 Å². The Morgan fingerprint density at radius 2 is 2.11 bits per heavy atom. The van der Waals surface area contributed by atoms with Crippen LogP contribution in [0.2, 0.25) is 0 Å². The average Bonchev–Trinajstić information content (AvgIpc) is 2.98. The van der Waals surface area contributed by atoms with E-state index in [1.165, 1.54) is 5.57 Å². The van der Waals surface area contributed by atoms with E-state index in [4.69, 9.17) is 4.74 Å². The monoisotopic (exact) mass is 244 g/mol. The topological polar surface area (TPSA) is 43.4 Å². The van der Waals surface area contributed by atoms with E-state index >= 15 is 0 Å². The number of hydrogen-bond acceptors (Lipinski definition) is 3. The fraction of sp³-hybridized carbons (Fsp3) is 0.600. The quantitative estimate of drug-likeness (QED) is 0.483. The first-order valence-electron chi connectivity index (χ1n) is 6.59. The van der Waals surface area contributed by atoms with Gasteiger partial charge in [0, 0.05) is 23.5 Å². The van der Waals surface area contributed by atoms with E-state index in [9.17, 15) is 9.59 Å². The molecule has 3 nitrogen and oxygen atoms in total. The molecule has 0 spiro atoms. The second kappa shape index (κ2) is 2.79. The Morgan fingerprint density at radius 3 is 2.83 bits per heavy atom. The molecule has 0 unspecified atom stereocenters. The Bertz CT molecular complexity index is 556. The molecule has 4 aliphatic rings. The van der Waals surface area contributed by atoms with Crippen molar-refractivity contribution in [2.75, 3.05) is 0 Å². The standard InChI is InChI=1S/C15H16O3/c1-6-8-4-9(8)15(3)5-10(16)11-7(2)14(17)18-13(11)12(6)15/h8-9,12-13H,1,4-5H2,2-3H3/t8-,9-,12-,13+,15+/m1/s1. The highest BCUT2D eigenvalue weighted by atomic mass is 16.5. The zero-order chi connectivity index (χ0) is 12.8. The minimum absolute atomic E-state index is 0.0299. The van der Waals surface area contributed by atoms with Crippen LogP contribution in [-0.2, 0) is 14.3 Å². The fourth-order valence-electron chi connectivity index (χ4n) is 4.63. The summed E-state index contributed by atoms with van der Waals surface area (Å²) in [5.41, 5.74) is 2.32. The summed E-state index contributed by atoms with van der Waals surface area (Å²) in [6, 6.07) is 0. The Balaban J connectivity index is 1.87. The summed E-state index contributed by atoms with van der Waals surface area (Å²) in [5.74, 6) is 1.10. The van der Waals surface area contributed by atoms with E-state index in [1.54, 1.807) is 6.92 Å². The van der Waals surface area contributed by atoms with Gasteiger partial charge in [0.1, 0.15) is 6.10 Å². The van der Waals surface area contributed by atoms with Crippen LogP contribution in [-0.4, -0.2) is 17.9 Å². The summed E-state index contributed by atoms with van der Waals surface area (Å²) in [6.07, 6.45) is 1.37. The summed E-state index contributed by atoms with van der Waals surface area (Å²) in [7, 11) is 0.